The zero-order valence-corrected chi connectivity index (χ0v) is 12.7. The van der Waals surface area contributed by atoms with Gasteiger partial charge >= 0.3 is 0 Å². The lowest BCUT2D eigenvalue weighted by molar-refractivity contribution is 0.104. The first-order chi connectivity index (χ1) is 10.8. The van der Waals surface area contributed by atoms with E-state index in [1.807, 2.05) is 36.4 Å². The highest BCUT2D eigenvalue weighted by atomic mass is 16.1. The molecule has 0 amide bonds. The number of nitrogens with zero attached hydrogens (tertiary/aromatic N) is 1. The molecule has 0 spiro atoms. The third-order valence-electron chi connectivity index (χ3n) is 4.10. The second-order valence-corrected chi connectivity index (χ2v) is 5.70. The molecule has 0 atom stereocenters. The van der Waals surface area contributed by atoms with Gasteiger partial charge in [0.2, 0.25) is 0 Å². The molecule has 2 aromatic rings. The summed E-state index contributed by atoms with van der Waals surface area (Å²) in [4.78, 5) is 14.5. The molecule has 0 N–H and O–H groups in total. The number of ketones is 1. The molecule has 0 saturated carbocycles. The Hall–Kier alpha value is -2.35. The van der Waals surface area contributed by atoms with Crippen LogP contribution >= 0.6 is 0 Å². The minimum absolute atomic E-state index is 0.0423. The van der Waals surface area contributed by atoms with Crippen LogP contribution in [0.1, 0.15) is 35.2 Å². The van der Waals surface area contributed by atoms with E-state index in [0.717, 1.165) is 24.2 Å². The fourth-order valence-corrected chi connectivity index (χ4v) is 2.82. The van der Waals surface area contributed by atoms with E-state index in [9.17, 15) is 4.79 Å². The number of piperidine rings is 1. The molecular weight excluding hydrogens is 270 g/mol. The molecule has 1 fully saturated rings. The molecule has 1 aliphatic rings. The van der Waals surface area contributed by atoms with Crippen molar-refractivity contribution in [1.29, 1.82) is 0 Å². The third-order valence-corrected chi connectivity index (χ3v) is 4.10. The molecule has 1 aliphatic heterocycles. The first-order valence-electron chi connectivity index (χ1n) is 7.95. The zero-order valence-electron chi connectivity index (χ0n) is 12.7. The Morgan fingerprint density at radius 1 is 0.864 bits per heavy atom. The molecule has 0 bridgehead atoms. The fraction of sp³-hybridized carbons (Fsp3) is 0.250. The quantitative estimate of drug-likeness (QED) is 0.607. The molecule has 2 aromatic carbocycles. The van der Waals surface area contributed by atoms with E-state index < -0.39 is 0 Å². The lowest BCUT2D eigenvalue weighted by Gasteiger charge is -2.28. The van der Waals surface area contributed by atoms with Gasteiger partial charge in [-0.05, 0) is 43.0 Å². The minimum atomic E-state index is 0.0423. The van der Waals surface area contributed by atoms with Gasteiger partial charge in [0.25, 0.3) is 0 Å². The van der Waals surface area contributed by atoms with Crippen LogP contribution in [0.2, 0.25) is 0 Å². The smallest absolute Gasteiger partial charge is 0.185 e. The highest BCUT2D eigenvalue weighted by Gasteiger charge is 2.10. The van der Waals surface area contributed by atoms with Crippen molar-refractivity contribution in [2.24, 2.45) is 0 Å². The molecular formula is C20H21NO. The largest absolute Gasteiger partial charge is 0.372 e. The number of anilines is 1. The van der Waals surface area contributed by atoms with E-state index in [-0.39, 0.29) is 5.78 Å². The Bertz CT molecular complexity index is 637. The summed E-state index contributed by atoms with van der Waals surface area (Å²) < 4.78 is 0. The molecule has 112 valence electrons. The van der Waals surface area contributed by atoms with Crippen molar-refractivity contribution in [2.75, 3.05) is 18.0 Å². The van der Waals surface area contributed by atoms with Crippen LogP contribution in [0.15, 0.2) is 60.7 Å². The lowest BCUT2D eigenvalue weighted by Crippen LogP contribution is -2.29. The van der Waals surface area contributed by atoms with E-state index in [1.54, 1.807) is 6.08 Å². The number of benzene rings is 2. The molecule has 2 nitrogen and oxygen atoms in total. The Morgan fingerprint density at radius 3 is 2.23 bits per heavy atom. The van der Waals surface area contributed by atoms with Gasteiger partial charge in [-0.1, -0.05) is 48.5 Å². The molecule has 0 aliphatic carbocycles. The molecule has 1 heterocycles. The van der Waals surface area contributed by atoms with Gasteiger partial charge in [-0.15, -0.1) is 0 Å². The maximum atomic E-state index is 12.0. The average molecular weight is 291 g/mol. The van der Waals surface area contributed by atoms with Crippen molar-refractivity contribution < 1.29 is 4.79 Å². The highest BCUT2D eigenvalue weighted by Crippen LogP contribution is 2.20. The second-order valence-electron chi connectivity index (χ2n) is 5.70. The SMILES string of the molecule is O=C(/C=C/c1ccc(N2CCCCC2)cc1)c1ccccc1. The van der Waals surface area contributed by atoms with Gasteiger partial charge in [-0.2, -0.15) is 0 Å². The van der Waals surface area contributed by atoms with Gasteiger partial charge in [0, 0.05) is 24.3 Å². The van der Waals surface area contributed by atoms with Gasteiger partial charge in [-0.25, -0.2) is 0 Å². The summed E-state index contributed by atoms with van der Waals surface area (Å²) in [5.41, 5.74) is 3.07. The maximum Gasteiger partial charge on any atom is 0.185 e. The topological polar surface area (TPSA) is 20.3 Å². The van der Waals surface area contributed by atoms with Gasteiger partial charge in [0.05, 0.1) is 0 Å². The number of carbonyl (C=O) groups excluding carboxylic acids is 1. The number of allylic oxidation sites excluding steroid dienone is 1. The summed E-state index contributed by atoms with van der Waals surface area (Å²) in [6.07, 6.45) is 7.44. The average Bonchev–Trinajstić information content (AvgIpc) is 2.61. The van der Waals surface area contributed by atoms with Gasteiger partial charge in [0.15, 0.2) is 5.78 Å². The Morgan fingerprint density at radius 2 is 1.55 bits per heavy atom. The van der Waals surface area contributed by atoms with Crippen LogP contribution in [-0.4, -0.2) is 18.9 Å². The lowest BCUT2D eigenvalue weighted by atomic mass is 10.1. The van der Waals surface area contributed by atoms with E-state index in [1.165, 1.54) is 24.9 Å². The van der Waals surface area contributed by atoms with Crippen LogP contribution in [-0.2, 0) is 0 Å². The van der Waals surface area contributed by atoms with Crippen LogP contribution in [0.3, 0.4) is 0 Å². The monoisotopic (exact) mass is 291 g/mol. The molecule has 0 aromatic heterocycles. The van der Waals surface area contributed by atoms with Crippen molar-refractivity contribution in [1.82, 2.24) is 0 Å². The molecule has 2 heteroatoms. The van der Waals surface area contributed by atoms with Crippen molar-refractivity contribution in [3.8, 4) is 0 Å². The first kappa shape index (κ1) is 14.6. The normalized spacial score (nSPS) is 15.2. The standard InChI is InChI=1S/C20H21NO/c22-20(18-7-3-1-4-8-18)14-11-17-9-12-19(13-10-17)21-15-5-2-6-16-21/h1,3-4,7-14H,2,5-6,15-16H2/b14-11+. The predicted molar refractivity (Wildman–Crippen MR) is 92.3 cm³/mol. The molecule has 1 saturated heterocycles. The summed E-state index contributed by atoms with van der Waals surface area (Å²) in [6.45, 7) is 2.31. The Balaban J connectivity index is 1.65. The summed E-state index contributed by atoms with van der Waals surface area (Å²) in [5.74, 6) is 0.0423. The summed E-state index contributed by atoms with van der Waals surface area (Å²) in [6, 6.07) is 17.8. The van der Waals surface area contributed by atoms with Gasteiger partial charge in [0.1, 0.15) is 0 Å². The van der Waals surface area contributed by atoms with Crippen LogP contribution in [0.5, 0.6) is 0 Å². The van der Waals surface area contributed by atoms with Crippen molar-refractivity contribution in [2.45, 2.75) is 19.3 Å². The molecule has 0 radical (unpaired) electrons. The highest BCUT2D eigenvalue weighted by molar-refractivity contribution is 6.06. The van der Waals surface area contributed by atoms with Gasteiger partial charge < -0.3 is 4.90 Å². The van der Waals surface area contributed by atoms with Gasteiger partial charge in [-0.3, -0.25) is 4.79 Å². The number of hydrogen-bond acceptors (Lipinski definition) is 2. The Kier molecular flexibility index (Phi) is 4.69. The van der Waals surface area contributed by atoms with E-state index >= 15 is 0 Å². The van der Waals surface area contributed by atoms with E-state index in [0.29, 0.717) is 0 Å². The summed E-state index contributed by atoms with van der Waals surface area (Å²) in [7, 11) is 0. The van der Waals surface area contributed by atoms with Crippen molar-refractivity contribution in [3.63, 3.8) is 0 Å². The number of hydrogen-bond donors (Lipinski definition) is 0. The third kappa shape index (κ3) is 3.64. The number of carbonyl (C=O) groups is 1. The maximum absolute atomic E-state index is 12.0. The summed E-state index contributed by atoms with van der Waals surface area (Å²) >= 11 is 0. The second kappa shape index (κ2) is 7.08. The number of rotatable bonds is 4. The van der Waals surface area contributed by atoms with Crippen LogP contribution in [0.25, 0.3) is 6.08 Å². The van der Waals surface area contributed by atoms with E-state index in [2.05, 4.69) is 29.2 Å². The summed E-state index contributed by atoms with van der Waals surface area (Å²) in [5, 5.41) is 0. The minimum Gasteiger partial charge on any atom is -0.372 e. The molecule has 22 heavy (non-hydrogen) atoms. The fourth-order valence-electron chi connectivity index (χ4n) is 2.82. The first-order valence-corrected chi connectivity index (χ1v) is 7.95. The Labute approximate surface area is 132 Å². The van der Waals surface area contributed by atoms with Crippen LogP contribution in [0, 0.1) is 0 Å². The predicted octanol–water partition coefficient (Wildman–Crippen LogP) is 4.57. The zero-order chi connectivity index (χ0) is 15.2. The van der Waals surface area contributed by atoms with Crippen molar-refractivity contribution >= 4 is 17.5 Å². The molecule has 3 rings (SSSR count). The van der Waals surface area contributed by atoms with Crippen LogP contribution in [0.4, 0.5) is 5.69 Å². The molecule has 0 unspecified atom stereocenters. The van der Waals surface area contributed by atoms with E-state index in [4.69, 9.17) is 0 Å². The van der Waals surface area contributed by atoms with Crippen LogP contribution < -0.4 is 4.90 Å². The van der Waals surface area contributed by atoms with Crippen molar-refractivity contribution in [3.05, 3.63) is 71.8 Å².